The van der Waals surface area contributed by atoms with Gasteiger partial charge in [0.2, 0.25) is 5.91 Å². The lowest BCUT2D eigenvalue weighted by atomic mass is 10.1. The minimum absolute atomic E-state index is 0.0797. The van der Waals surface area contributed by atoms with Crippen molar-refractivity contribution in [2.45, 2.75) is 19.9 Å². The van der Waals surface area contributed by atoms with Crippen molar-refractivity contribution in [1.82, 2.24) is 9.88 Å². The average Bonchev–Trinajstić information content (AvgIpc) is 3.02. The molecule has 8 heteroatoms. The van der Waals surface area contributed by atoms with Gasteiger partial charge in [0, 0.05) is 28.9 Å². The highest BCUT2D eigenvalue weighted by Crippen LogP contribution is 2.28. The first-order valence-corrected chi connectivity index (χ1v) is 9.40. The van der Waals surface area contributed by atoms with Crippen LogP contribution in [0.15, 0.2) is 30.3 Å². The molecule has 1 aromatic heterocycles. The van der Waals surface area contributed by atoms with E-state index in [9.17, 15) is 9.59 Å². The van der Waals surface area contributed by atoms with Crippen LogP contribution in [-0.2, 0) is 22.5 Å². The van der Waals surface area contributed by atoms with E-state index >= 15 is 0 Å². The normalized spacial score (nSPS) is 13.5. The zero-order valence-electron chi connectivity index (χ0n) is 14.2. The van der Waals surface area contributed by atoms with Crippen molar-refractivity contribution in [2.75, 3.05) is 18.5 Å². The molecule has 0 aliphatic carbocycles. The van der Waals surface area contributed by atoms with E-state index in [1.54, 1.807) is 24.0 Å². The number of rotatable bonds is 4. The molecule has 0 saturated carbocycles. The number of carbonyl (C=O) groups is 2. The van der Waals surface area contributed by atoms with Crippen LogP contribution in [0.25, 0.3) is 6.08 Å². The molecule has 0 bridgehead atoms. The Kier molecular flexibility index (Phi) is 5.90. The second kappa shape index (κ2) is 8.33. The van der Waals surface area contributed by atoms with Gasteiger partial charge in [0.05, 0.1) is 18.8 Å². The quantitative estimate of drug-likeness (QED) is 0.800. The van der Waals surface area contributed by atoms with Gasteiger partial charge in [-0.15, -0.1) is 0 Å². The van der Waals surface area contributed by atoms with Gasteiger partial charge >= 0.3 is 6.09 Å². The van der Waals surface area contributed by atoms with Gasteiger partial charge in [-0.2, -0.15) is 0 Å². The van der Waals surface area contributed by atoms with E-state index in [0.717, 1.165) is 16.1 Å². The molecule has 2 aromatic rings. The summed E-state index contributed by atoms with van der Waals surface area (Å²) in [7, 11) is 0. The van der Waals surface area contributed by atoms with Gasteiger partial charge in [-0.05, 0) is 24.6 Å². The van der Waals surface area contributed by atoms with Crippen LogP contribution in [0.2, 0.25) is 5.02 Å². The van der Waals surface area contributed by atoms with Crippen LogP contribution in [0, 0.1) is 0 Å². The standard InChI is InChI=1S/C18H18ClN3O3S/c1-2-25-18(24)21-17-20-14-9-10-22(11-15(14)26-17)16(23)8-7-12-5-3-4-6-13(12)19/h3-8H,2,9-11H2,1H3,(H,20,21,24)/b8-7+. The van der Waals surface area contributed by atoms with Crippen LogP contribution in [0.5, 0.6) is 0 Å². The van der Waals surface area contributed by atoms with E-state index in [0.29, 0.717) is 36.3 Å². The highest BCUT2D eigenvalue weighted by atomic mass is 35.5. The van der Waals surface area contributed by atoms with Crippen LogP contribution in [0.3, 0.4) is 0 Å². The maximum atomic E-state index is 12.5. The highest BCUT2D eigenvalue weighted by molar-refractivity contribution is 7.15. The van der Waals surface area contributed by atoms with Gasteiger partial charge in [0.1, 0.15) is 0 Å². The third kappa shape index (κ3) is 4.42. The predicted octanol–water partition coefficient (Wildman–Crippen LogP) is 3.96. The van der Waals surface area contributed by atoms with Crippen LogP contribution >= 0.6 is 22.9 Å². The zero-order valence-corrected chi connectivity index (χ0v) is 15.8. The summed E-state index contributed by atoms with van der Waals surface area (Å²) in [5, 5.41) is 3.71. The number of hydrogen-bond acceptors (Lipinski definition) is 5. The van der Waals surface area contributed by atoms with E-state index in [4.69, 9.17) is 16.3 Å². The lowest BCUT2D eigenvalue weighted by Crippen LogP contribution is -2.34. The third-order valence-corrected chi connectivity index (χ3v) is 5.18. The number of benzene rings is 1. The first-order valence-electron chi connectivity index (χ1n) is 8.20. The summed E-state index contributed by atoms with van der Waals surface area (Å²) in [4.78, 5) is 31.1. The Hall–Kier alpha value is -2.38. The first-order chi connectivity index (χ1) is 12.6. The van der Waals surface area contributed by atoms with Crippen molar-refractivity contribution in [3.63, 3.8) is 0 Å². The fraction of sp³-hybridized carbons (Fsp3) is 0.278. The summed E-state index contributed by atoms with van der Waals surface area (Å²) < 4.78 is 4.85. The van der Waals surface area contributed by atoms with E-state index in [1.165, 1.54) is 17.4 Å². The Bertz CT molecular complexity index is 850. The number of nitrogens with one attached hydrogen (secondary N) is 1. The number of aromatic nitrogens is 1. The molecule has 2 heterocycles. The highest BCUT2D eigenvalue weighted by Gasteiger charge is 2.23. The molecule has 0 spiro atoms. The number of fused-ring (bicyclic) bond motifs is 1. The fourth-order valence-electron chi connectivity index (χ4n) is 2.57. The predicted molar refractivity (Wildman–Crippen MR) is 102 cm³/mol. The van der Waals surface area contributed by atoms with Crippen molar-refractivity contribution < 1.29 is 14.3 Å². The zero-order chi connectivity index (χ0) is 18.5. The van der Waals surface area contributed by atoms with E-state index in [2.05, 4.69) is 10.3 Å². The SMILES string of the molecule is CCOC(=O)Nc1nc2c(s1)CN(C(=O)/C=C/c1ccccc1Cl)CC2. The van der Waals surface area contributed by atoms with Crippen molar-refractivity contribution in [1.29, 1.82) is 0 Å². The van der Waals surface area contributed by atoms with Gasteiger partial charge < -0.3 is 9.64 Å². The minimum Gasteiger partial charge on any atom is -0.450 e. The number of halogens is 1. The van der Waals surface area contributed by atoms with Crippen molar-refractivity contribution in [3.05, 3.63) is 51.5 Å². The van der Waals surface area contributed by atoms with Crippen LogP contribution < -0.4 is 5.32 Å². The molecule has 0 atom stereocenters. The average molecular weight is 392 g/mol. The molecular weight excluding hydrogens is 374 g/mol. The van der Waals surface area contributed by atoms with Gasteiger partial charge in [0.25, 0.3) is 0 Å². The first kappa shape index (κ1) is 18.4. The molecule has 6 nitrogen and oxygen atoms in total. The Balaban J connectivity index is 1.64. The Morgan fingerprint density at radius 3 is 3.00 bits per heavy atom. The smallest absolute Gasteiger partial charge is 0.413 e. The molecule has 0 fully saturated rings. The van der Waals surface area contributed by atoms with Gasteiger partial charge in [-0.25, -0.2) is 9.78 Å². The molecule has 1 N–H and O–H groups in total. The number of ether oxygens (including phenoxy) is 1. The second-order valence-electron chi connectivity index (χ2n) is 5.60. The molecule has 1 aliphatic rings. The summed E-state index contributed by atoms with van der Waals surface area (Å²) in [6.07, 6.45) is 3.39. The topological polar surface area (TPSA) is 71.5 Å². The molecular formula is C18H18ClN3O3S. The maximum Gasteiger partial charge on any atom is 0.413 e. The van der Waals surface area contributed by atoms with Crippen molar-refractivity contribution in [3.8, 4) is 0 Å². The Morgan fingerprint density at radius 1 is 1.42 bits per heavy atom. The summed E-state index contributed by atoms with van der Waals surface area (Å²) >= 11 is 7.47. The van der Waals surface area contributed by atoms with Crippen molar-refractivity contribution in [2.24, 2.45) is 0 Å². The van der Waals surface area contributed by atoms with Gasteiger partial charge in [-0.3, -0.25) is 10.1 Å². The minimum atomic E-state index is -0.519. The molecule has 1 aromatic carbocycles. The maximum absolute atomic E-state index is 12.5. The largest absolute Gasteiger partial charge is 0.450 e. The summed E-state index contributed by atoms with van der Waals surface area (Å²) in [6, 6.07) is 7.36. The second-order valence-corrected chi connectivity index (χ2v) is 7.09. The van der Waals surface area contributed by atoms with Crippen LogP contribution in [0.4, 0.5) is 9.93 Å². The van der Waals surface area contributed by atoms with E-state index in [-0.39, 0.29) is 5.91 Å². The number of carbonyl (C=O) groups excluding carboxylic acids is 2. The molecule has 2 amide bonds. The molecule has 3 rings (SSSR count). The monoisotopic (exact) mass is 391 g/mol. The number of nitrogens with zero attached hydrogens (tertiary/aromatic N) is 2. The summed E-state index contributed by atoms with van der Waals surface area (Å²) in [6.45, 7) is 3.10. The van der Waals surface area contributed by atoms with Crippen molar-refractivity contribution >= 4 is 46.1 Å². The number of hydrogen-bond donors (Lipinski definition) is 1. The lowest BCUT2D eigenvalue weighted by Gasteiger charge is -2.24. The van der Waals surface area contributed by atoms with E-state index in [1.807, 2.05) is 18.2 Å². The lowest BCUT2D eigenvalue weighted by molar-refractivity contribution is -0.126. The van der Waals surface area contributed by atoms with E-state index < -0.39 is 6.09 Å². The molecule has 0 radical (unpaired) electrons. The van der Waals surface area contributed by atoms with Gasteiger partial charge in [-0.1, -0.05) is 41.1 Å². The fourth-order valence-corrected chi connectivity index (χ4v) is 3.78. The molecule has 136 valence electrons. The number of anilines is 1. The Morgan fingerprint density at radius 2 is 2.23 bits per heavy atom. The van der Waals surface area contributed by atoms with Crippen LogP contribution in [0.1, 0.15) is 23.1 Å². The Labute approximate surface area is 160 Å². The molecule has 1 aliphatic heterocycles. The third-order valence-electron chi connectivity index (χ3n) is 3.84. The molecule has 0 unspecified atom stereocenters. The van der Waals surface area contributed by atoms with Crippen LogP contribution in [-0.4, -0.2) is 35.0 Å². The molecule has 26 heavy (non-hydrogen) atoms. The molecule has 0 saturated heterocycles. The number of thiazole rings is 1. The summed E-state index contributed by atoms with van der Waals surface area (Å²) in [5.41, 5.74) is 1.72. The summed E-state index contributed by atoms with van der Waals surface area (Å²) in [5.74, 6) is -0.0797. The number of amides is 2. The van der Waals surface area contributed by atoms with Gasteiger partial charge in [0.15, 0.2) is 5.13 Å².